The molecule has 3 rings (SSSR count). The fraction of sp³-hybridized carbons (Fsp3) is 1.00. The topological polar surface area (TPSA) is 54.4 Å². The smallest absolute Gasteiger partial charge is 0.270 e. The Hall–Kier alpha value is -0.0900. The number of fused-ring (bicyclic) bond motifs is 3. The van der Waals surface area contributed by atoms with Crippen molar-refractivity contribution in [2.24, 2.45) is 5.92 Å². The van der Waals surface area contributed by atoms with Crippen LogP contribution in [0.15, 0.2) is 0 Å². The van der Waals surface area contributed by atoms with Gasteiger partial charge in [0.1, 0.15) is 0 Å². The van der Waals surface area contributed by atoms with Crippen molar-refractivity contribution in [3.05, 3.63) is 0 Å². The highest BCUT2D eigenvalue weighted by Gasteiger charge is 2.49. The Bertz CT molecular complexity index is 259. The summed E-state index contributed by atoms with van der Waals surface area (Å²) in [7, 11) is -3.80. The van der Waals surface area contributed by atoms with Gasteiger partial charge in [-0.2, -0.15) is 8.42 Å². The third-order valence-corrected chi connectivity index (χ3v) is 5.28. The molecule has 0 aromatic rings. The summed E-state index contributed by atoms with van der Waals surface area (Å²) in [5.41, 5.74) is 0. The Morgan fingerprint density at radius 2 is 1.50 bits per heavy atom. The molecule has 1 N–H and O–H groups in total. The van der Waals surface area contributed by atoms with Crippen molar-refractivity contribution in [3.63, 3.8) is 0 Å². The summed E-state index contributed by atoms with van der Waals surface area (Å²) < 4.78 is 30.6. The zero-order valence-corrected chi connectivity index (χ0v) is 7.81. The van der Waals surface area contributed by atoms with E-state index in [1.165, 1.54) is 0 Å². The van der Waals surface area contributed by atoms with E-state index in [1.807, 2.05) is 0 Å². The van der Waals surface area contributed by atoms with Gasteiger partial charge in [0, 0.05) is 0 Å². The second-order valence-electron chi connectivity index (χ2n) is 4.14. The minimum atomic E-state index is -3.80. The van der Waals surface area contributed by atoms with Crippen molar-refractivity contribution in [2.75, 3.05) is 0 Å². The van der Waals surface area contributed by atoms with Crippen LogP contribution in [-0.4, -0.2) is 17.7 Å². The fourth-order valence-electron chi connectivity index (χ4n) is 2.60. The molecule has 0 spiro atoms. The molecule has 2 bridgehead atoms. The summed E-state index contributed by atoms with van der Waals surface area (Å²) in [5, 5.41) is 0. The van der Waals surface area contributed by atoms with Gasteiger partial charge in [-0.3, -0.25) is 4.55 Å². The van der Waals surface area contributed by atoms with Crippen LogP contribution in [0, 0.1) is 5.92 Å². The minimum Gasteiger partial charge on any atom is -0.285 e. The Balaban J connectivity index is 2.31. The predicted molar refractivity (Wildman–Crippen MR) is 45.5 cm³/mol. The van der Waals surface area contributed by atoms with Gasteiger partial charge in [-0.15, -0.1) is 0 Å². The minimum absolute atomic E-state index is 0.677. The summed E-state index contributed by atoms with van der Waals surface area (Å²) in [6, 6.07) is 0. The van der Waals surface area contributed by atoms with E-state index < -0.39 is 14.9 Å². The van der Waals surface area contributed by atoms with Gasteiger partial charge in [0.15, 0.2) is 0 Å². The second kappa shape index (κ2) is 2.45. The van der Waals surface area contributed by atoms with Crippen LogP contribution in [0.4, 0.5) is 0 Å². The molecule has 0 atom stereocenters. The molecular formula is C8H14O3S. The summed E-state index contributed by atoms with van der Waals surface area (Å²) in [5.74, 6) is 0.730. The van der Waals surface area contributed by atoms with Gasteiger partial charge in [0.05, 0.1) is 4.75 Å². The van der Waals surface area contributed by atoms with Crippen LogP contribution >= 0.6 is 0 Å². The predicted octanol–water partition coefficient (Wildman–Crippen LogP) is 1.60. The number of hydrogen-bond donors (Lipinski definition) is 1. The van der Waals surface area contributed by atoms with E-state index in [0.29, 0.717) is 19.3 Å². The highest BCUT2D eigenvalue weighted by Crippen LogP contribution is 2.48. The Kier molecular flexibility index (Phi) is 1.74. The molecule has 3 aliphatic rings. The highest BCUT2D eigenvalue weighted by molar-refractivity contribution is 7.87. The third kappa shape index (κ3) is 1.09. The first kappa shape index (κ1) is 8.51. The summed E-state index contributed by atoms with van der Waals surface area (Å²) >= 11 is 0. The van der Waals surface area contributed by atoms with Crippen LogP contribution in [0.2, 0.25) is 0 Å². The van der Waals surface area contributed by atoms with E-state index in [1.54, 1.807) is 0 Å². The van der Waals surface area contributed by atoms with Crippen molar-refractivity contribution in [1.29, 1.82) is 0 Å². The molecule has 70 valence electrons. The molecule has 0 saturated heterocycles. The van der Waals surface area contributed by atoms with Gasteiger partial charge in [-0.05, 0) is 44.4 Å². The van der Waals surface area contributed by atoms with Crippen molar-refractivity contribution < 1.29 is 13.0 Å². The van der Waals surface area contributed by atoms with Crippen LogP contribution in [0.5, 0.6) is 0 Å². The lowest BCUT2D eigenvalue weighted by Gasteiger charge is -2.43. The molecule has 3 fully saturated rings. The SMILES string of the molecule is O=S(=O)(O)C12CCC(CC1)CC2. The third-order valence-electron chi connectivity index (χ3n) is 3.57. The van der Waals surface area contributed by atoms with Crippen LogP contribution in [-0.2, 0) is 10.1 Å². The van der Waals surface area contributed by atoms with Gasteiger partial charge in [-0.25, -0.2) is 0 Å². The van der Waals surface area contributed by atoms with Crippen LogP contribution < -0.4 is 0 Å². The molecule has 3 nitrogen and oxygen atoms in total. The van der Waals surface area contributed by atoms with Crippen molar-refractivity contribution in [3.8, 4) is 0 Å². The zero-order chi connectivity index (χ0) is 8.82. The quantitative estimate of drug-likeness (QED) is 0.639. The number of hydrogen-bond acceptors (Lipinski definition) is 2. The molecule has 0 heterocycles. The van der Waals surface area contributed by atoms with Crippen LogP contribution in [0.1, 0.15) is 38.5 Å². The molecule has 3 aliphatic carbocycles. The average Bonchev–Trinajstić information content (AvgIpc) is 2.06. The first-order valence-electron chi connectivity index (χ1n) is 4.51. The molecule has 12 heavy (non-hydrogen) atoms. The lowest BCUT2D eigenvalue weighted by Crippen LogP contribution is -2.46. The standard InChI is InChI=1S/C8H14O3S/c9-12(10,11)8-4-1-7(2-5-8)3-6-8/h7H,1-6H2,(H,9,10,11). The van der Waals surface area contributed by atoms with E-state index in [4.69, 9.17) is 4.55 Å². The summed E-state index contributed by atoms with van der Waals surface area (Å²) in [4.78, 5) is 0. The molecule has 0 aliphatic heterocycles. The molecular weight excluding hydrogens is 176 g/mol. The molecule has 3 saturated carbocycles. The molecule has 0 aromatic heterocycles. The van der Waals surface area contributed by atoms with Crippen LogP contribution in [0.25, 0.3) is 0 Å². The second-order valence-corrected chi connectivity index (χ2v) is 5.96. The van der Waals surface area contributed by atoms with Crippen molar-refractivity contribution in [1.82, 2.24) is 0 Å². The lowest BCUT2D eigenvalue weighted by atomic mass is 9.70. The lowest BCUT2D eigenvalue weighted by molar-refractivity contribution is 0.184. The summed E-state index contributed by atoms with van der Waals surface area (Å²) in [6.45, 7) is 0. The highest BCUT2D eigenvalue weighted by atomic mass is 32.2. The van der Waals surface area contributed by atoms with Crippen molar-refractivity contribution >= 4 is 10.1 Å². The van der Waals surface area contributed by atoms with E-state index in [9.17, 15) is 8.42 Å². The maximum Gasteiger partial charge on any atom is 0.270 e. The normalized spacial score (nSPS) is 41.6. The molecule has 0 unspecified atom stereocenters. The van der Waals surface area contributed by atoms with E-state index in [2.05, 4.69) is 0 Å². The zero-order valence-electron chi connectivity index (χ0n) is 6.99. The van der Waals surface area contributed by atoms with E-state index in [-0.39, 0.29) is 0 Å². The monoisotopic (exact) mass is 190 g/mol. The van der Waals surface area contributed by atoms with Gasteiger partial charge >= 0.3 is 0 Å². The molecule has 4 heteroatoms. The van der Waals surface area contributed by atoms with Gasteiger partial charge in [0.25, 0.3) is 10.1 Å². The Labute approximate surface area is 72.9 Å². The van der Waals surface area contributed by atoms with E-state index in [0.717, 1.165) is 25.2 Å². The molecule has 0 amide bonds. The molecule has 0 aromatic carbocycles. The fourth-order valence-corrected chi connectivity index (χ4v) is 3.72. The first-order chi connectivity index (χ1) is 5.54. The molecule has 0 radical (unpaired) electrons. The maximum atomic E-state index is 11.1. The Morgan fingerprint density at radius 3 is 1.75 bits per heavy atom. The Morgan fingerprint density at radius 1 is 1.08 bits per heavy atom. The van der Waals surface area contributed by atoms with Crippen molar-refractivity contribution in [2.45, 2.75) is 43.3 Å². The summed E-state index contributed by atoms with van der Waals surface area (Å²) in [6.07, 6.45) is 4.99. The number of rotatable bonds is 1. The average molecular weight is 190 g/mol. The van der Waals surface area contributed by atoms with Gasteiger partial charge in [0.2, 0.25) is 0 Å². The van der Waals surface area contributed by atoms with Crippen LogP contribution in [0.3, 0.4) is 0 Å². The van der Waals surface area contributed by atoms with E-state index >= 15 is 0 Å². The maximum absolute atomic E-state index is 11.1. The van der Waals surface area contributed by atoms with Gasteiger partial charge in [-0.1, -0.05) is 0 Å². The van der Waals surface area contributed by atoms with Gasteiger partial charge < -0.3 is 0 Å². The largest absolute Gasteiger partial charge is 0.285 e. The first-order valence-corrected chi connectivity index (χ1v) is 5.95.